The molecular formula is C21H35F3IN5O. The number of ether oxygens (including phenoxy) is 1. The number of hydrogen-bond donors (Lipinski definition) is 2. The highest BCUT2D eigenvalue weighted by Crippen LogP contribution is 2.31. The first-order chi connectivity index (χ1) is 14.3. The first-order valence-electron chi connectivity index (χ1n) is 10.5. The lowest BCUT2D eigenvalue weighted by Crippen LogP contribution is -2.45. The van der Waals surface area contributed by atoms with Crippen LogP contribution in [0.2, 0.25) is 0 Å². The van der Waals surface area contributed by atoms with Gasteiger partial charge in [-0.3, -0.25) is 4.99 Å². The van der Waals surface area contributed by atoms with Crippen molar-refractivity contribution in [3.63, 3.8) is 0 Å². The lowest BCUT2D eigenvalue weighted by Gasteiger charge is -2.22. The monoisotopic (exact) mass is 557 g/mol. The van der Waals surface area contributed by atoms with E-state index in [2.05, 4.69) is 32.5 Å². The molecule has 1 fully saturated rings. The van der Waals surface area contributed by atoms with Gasteiger partial charge < -0.3 is 25.2 Å². The molecule has 6 nitrogen and oxygen atoms in total. The van der Waals surface area contributed by atoms with Crippen molar-refractivity contribution in [1.29, 1.82) is 0 Å². The van der Waals surface area contributed by atoms with Gasteiger partial charge in [-0.2, -0.15) is 13.2 Å². The molecule has 2 N–H and O–H groups in total. The molecule has 0 saturated carbocycles. The lowest BCUT2D eigenvalue weighted by atomic mass is 10.2. The van der Waals surface area contributed by atoms with E-state index in [9.17, 15) is 13.2 Å². The van der Waals surface area contributed by atoms with E-state index in [0.29, 0.717) is 18.9 Å². The Bertz CT molecular complexity index is 675. The molecule has 1 unspecified atom stereocenters. The minimum atomic E-state index is -4.38. The van der Waals surface area contributed by atoms with Crippen LogP contribution in [0.25, 0.3) is 0 Å². The van der Waals surface area contributed by atoms with Crippen LogP contribution in [0.4, 0.5) is 13.2 Å². The number of likely N-dealkylation sites (N-methyl/N-ethyl adjacent to an activating group) is 1. The highest BCUT2D eigenvalue weighted by molar-refractivity contribution is 14.0. The number of rotatable bonds is 8. The molecule has 1 aromatic rings. The summed E-state index contributed by atoms with van der Waals surface area (Å²) in [4.78, 5) is 9.01. The van der Waals surface area contributed by atoms with Crippen LogP contribution in [0.15, 0.2) is 29.3 Å². The summed E-state index contributed by atoms with van der Waals surface area (Å²) in [5, 5.41) is 6.51. The van der Waals surface area contributed by atoms with Crippen LogP contribution < -0.4 is 15.4 Å². The van der Waals surface area contributed by atoms with Crippen molar-refractivity contribution < 1.29 is 17.9 Å². The van der Waals surface area contributed by atoms with Crippen molar-refractivity contribution in [3.8, 4) is 5.75 Å². The topological polar surface area (TPSA) is 52.1 Å². The number of guanidine groups is 1. The van der Waals surface area contributed by atoms with Crippen molar-refractivity contribution >= 4 is 29.9 Å². The zero-order valence-corrected chi connectivity index (χ0v) is 20.9. The number of benzene rings is 1. The third kappa shape index (κ3) is 10.3. The van der Waals surface area contributed by atoms with Crippen molar-refractivity contribution in [1.82, 2.24) is 20.4 Å². The Balaban J connectivity index is 0.00000480. The highest BCUT2D eigenvalue weighted by atomic mass is 127. The molecule has 1 saturated heterocycles. The average molecular weight is 557 g/mol. The van der Waals surface area contributed by atoms with Gasteiger partial charge >= 0.3 is 6.18 Å². The third-order valence-corrected chi connectivity index (χ3v) is 5.17. The summed E-state index contributed by atoms with van der Waals surface area (Å²) in [5.74, 6) is 0.876. The highest BCUT2D eigenvalue weighted by Gasteiger charge is 2.30. The Hall–Kier alpha value is -1.27. The van der Waals surface area contributed by atoms with Gasteiger partial charge in [0.1, 0.15) is 11.9 Å². The van der Waals surface area contributed by atoms with Gasteiger partial charge in [-0.15, -0.1) is 24.0 Å². The molecule has 1 aliphatic rings. The Morgan fingerprint density at radius 1 is 1.19 bits per heavy atom. The molecular weight excluding hydrogens is 522 g/mol. The van der Waals surface area contributed by atoms with E-state index in [0.717, 1.165) is 51.4 Å². The largest absolute Gasteiger partial charge is 0.489 e. The van der Waals surface area contributed by atoms with Gasteiger partial charge in [-0.25, -0.2) is 0 Å². The van der Waals surface area contributed by atoms with Crippen LogP contribution in [-0.4, -0.2) is 81.8 Å². The zero-order chi connectivity index (χ0) is 22.0. The number of halogens is 4. The lowest BCUT2D eigenvalue weighted by molar-refractivity contribution is -0.137. The standard InChI is InChI=1S/C21H34F3N5O.HI/c1-4-18(30-19-8-5-7-17(15-19)21(22,23)24)16-27-20(25-2)26-9-12-29-11-6-10-28(3)13-14-29;/h5,7-8,15,18H,4,6,9-14,16H2,1-3H3,(H2,25,26,27);1H. The van der Waals surface area contributed by atoms with Crippen LogP contribution in [0.1, 0.15) is 25.3 Å². The fourth-order valence-electron chi connectivity index (χ4n) is 3.29. The first kappa shape index (κ1) is 27.8. The van der Waals surface area contributed by atoms with Gasteiger partial charge in [0.15, 0.2) is 5.96 Å². The Morgan fingerprint density at radius 2 is 1.97 bits per heavy atom. The van der Waals surface area contributed by atoms with Crippen molar-refractivity contribution in [2.45, 2.75) is 32.0 Å². The minimum Gasteiger partial charge on any atom is -0.489 e. The van der Waals surface area contributed by atoms with Crippen LogP contribution in [-0.2, 0) is 6.18 Å². The van der Waals surface area contributed by atoms with Gasteiger partial charge in [0, 0.05) is 33.2 Å². The van der Waals surface area contributed by atoms with E-state index in [1.165, 1.54) is 12.5 Å². The van der Waals surface area contributed by atoms with E-state index in [-0.39, 0.29) is 35.8 Å². The number of alkyl halides is 3. The molecule has 0 radical (unpaired) electrons. The zero-order valence-electron chi connectivity index (χ0n) is 18.5. The molecule has 0 spiro atoms. The maximum atomic E-state index is 12.9. The van der Waals surface area contributed by atoms with Crippen molar-refractivity contribution in [2.24, 2.45) is 4.99 Å². The van der Waals surface area contributed by atoms with Crippen molar-refractivity contribution in [3.05, 3.63) is 29.8 Å². The summed E-state index contributed by atoms with van der Waals surface area (Å²) in [6.07, 6.45) is -2.82. The molecule has 0 amide bonds. The van der Waals surface area contributed by atoms with Crippen LogP contribution >= 0.6 is 24.0 Å². The summed E-state index contributed by atoms with van der Waals surface area (Å²) in [7, 11) is 3.85. The van der Waals surface area contributed by atoms with E-state index >= 15 is 0 Å². The normalized spacial score (nSPS) is 17.4. The SMILES string of the molecule is CCC(CNC(=NC)NCCN1CCCN(C)CC1)Oc1cccc(C(F)(F)F)c1.I. The number of aliphatic imine (C=N–C) groups is 1. The molecule has 0 aliphatic carbocycles. The molecule has 178 valence electrons. The van der Waals surface area contributed by atoms with Crippen LogP contribution in [0.5, 0.6) is 5.75 Å². The summed E-state index contributed by atoms with van der Waals surface area (Å²) in [5.41, 5.74) is -0.708. The first-order valence-corrected chi connectivity index (χ1v) is 10.5. The molecule has 31 heavy (non-hydrogen) atoms. The second-order valence-corrected chi connectivity index (χ2v) is 7.55. The van der Waals surface area contributed by atoms with Gasteiger partial charge in [-0.1, -0.05) is 13.0 Å². The van der Waals surface area contributed by atoms with E-state index in [4.69, 9.17) is 4.74 Å². The van der Waals surface area contributed by atoms with E-state index in [1.807, 2.05) is 6.92 Å². The summed E-state index contributed by atoms with van der Waals surface area (Å²) >= 11 is 0. The van der Waals surface area contributed by atoms with E-state index in [1.54, 1.807) is 13.1 Å². The van der Waals surface area contributed by atoms with Gasteiger partial charge in [-0.05, 0) is 51.2 Å². The predicted octanol–water partition coefficient (Wildman–Crippen LogP) is 3.28. The smallest absolute Gasteiger partial charge is 0.416 e. The van der Waals surface area contributed by atoms with Crippen LogP contribution in [0, 0.1) is 0 Å². The number of nitrogens with one attached hydrogen (secondary N) is 2. The Kier molecular flexibility index (Phi) is 12.5. The molecule has 0 aromatic heterocycles. The summed E-state index contributed by atoms with van der Waals surface area (Å²) in [6.45, 7) is 8.47. The molecule has 10 heteroatoms. The second-order valence-electron chi connectivity index (χ2n) is 7.55. The molecule has 1 atom stereocenters. The Labute approximate surface area is 200 Å². The summed E-state index contributed by atoms with van der Waals surface area (Å²) < 4.78 is 44.4. The van der Waals surface area contributed by atoms with Crippen molar-refractivity contribution in [2.75, 3.05) is 59.9 Å². The second kappa shape index (κ2) is 14.0. The van der Waals surface area contributed by atoms with Gasteiger partial charge in [0.2, 0.25) is 0 Å². The molecule has 1 aliphatic heterocycles. The molecule has 0 bridgehead atoms. The van der Waals surface area contributed by atoms with Crippen LogP contribution in [0.3, 0.4) is 0 Å². The maximum Gasteiger partial charge on any atom is 0.416 e. The van der Waals surface area contributed by atoms with E-state index < -0.39 is 11.7 Å². The predicted molar refractivity (Wildman–Crippen MR) is 129 cm³/mol. The van der Waals surface area contributed by atoms with Gasteiger partial charge in [0.05, 0.1) is 12.1 Å². The molecule has 1 heterocycles. The quantitative estimate of drug-likeness (QED) is 0.292. The Morgan fingerprint density at radius 3 is 2.65 bits per heavy atom. The summed E-state index contributed by atoms with van der Waals surface area (Å²) in [6, 6.07) is 4.98. The average Bonchev–Trinajstić information content (AvgIpc) is 2.93. The maximum absolute atomic E-state index is 12.9. The fourth-order valence-corrected chi connectivity index (χ4v) is 3.29. The molecule has 2 rings (SSSR count). The third-order valence-electron chi connectivity index (χ3n) is 5.17. The minimum absolute atomic E-state index is 0. The molecule has 1 aromatic carbocycles. The number of hydrogen-bond acceptors (Lipinski definition) is 4. The van der Waals surface area contributed by atoms with Gasteiger partial charge in [0.25, 0.3) is 0 Å². The fraction of sp³-hybridized carbons (Fsp3) is 0.667. The number of nitrogens with zero attached hydrogens (tertiary/aromatic N) is 3.